The maximum atomic E-state index is 12.0. The van der Waals surface area contributed by atoms with Gasteiger partial charge in [-0.15, -0.1) is 0 Å². The lowest BCUT2D eigenvalue weighted by Gasteiger charge is -1.82. The Bertz CT molecular complexity index is 332. The molecule has 0 amide bonds. The van der Waals surface area contributed by atoms with Gasteiger partial charge in [0.05, 0.1) is 0 Å². The van der Waals surface area contributed by atoms with Crippen molar-refractivity contribution in [3.8, 4) is 0 Å². The van der Waals surface area contributed by atoms with Gasteiger partial charge in [-0.3, -0.25) is 0 Å². The van der Waals surface area contributed by atoms with Crippen LogP contribution in [0.25, 0.3) is 0 Å². The van der Waals surface area contributed by atoms with Crippen molar-refractivity contribution in [1.29, 1.82) is 0 Å². The third kappa shape index (κ3) is 1.65. The number of halogens is 2. The van der Waals surface area contributed by atoms with Gasteiger partial charge in [0.2, 0.25) is 0 Å². The lowest BCUT2D eigenvalue weighted by molar-refractivity contribution is 0.588. The van der Waals surface area contributed by atoms with Crippen LogP contribution in [0, 0.1) is 5.26 Å². The van der Waals surface area contributed by atoms with Crippen molar-refractivity contribution < 1.29 is 12.8 Å². The molecular weight excluding hydrogens is 201 g/mol. The monoisotopic (exact) mass is 201 g/mol. The second-order valence-corrected chi connectivity index (χ2v) is 4.70. The molecule has 0 N–H and O–H groups in total. The zero-order valence-corrected chi connectivity index (χ0v) is 6.80. The van der Waals surface area contributed by atoms with E-state index >= 15 is 0 Å². The summed E-state index contributed by atoms with van der Waals surface area (Å²) in [4.78, 5) is 3.01. The van der Waals surface area contributed by atoms with E-state index in [1.54, 1.807) is 0 Å². The van der Waals surface area contributed by atoms with Crippen LogP contribution < -0.4 is 0 Å². The summed E-state index contributed by atoms with van der Waals surface area (Å²) < 4.78 is 32.8. The summed E-state index contributed by atoms with van der Waals surface area (Å²) in [6, 6.07) is 0. The fourth-order valence-corrected chi connectivity index (χ4v) is 2.03. The third-order valence-electron chi connectivity index (χ3n) is 0.705. The van der Waals surface area contributed by atoms with Gasteiger partial charge in [0.15, 0.2) is 5.03 Å². The van der Waals surface area contributed by atoms with E-state index in [2.05, 4.69) is 4.98 Å². The second-order valence-electron chi connectivity index (χ2n) is 1.38. The molecule has 0 fully saturated rings. The predicted molar refractivity (Wildman–Crippen MR) is 35.1 cm³/mol. The molecule has 1 aromatic rings. The normalized spacial score (nSPS) is 11.8. The number of nitrogens with zero attached hydrogens (tertiary/aromatic N) is 1. The molecule has 0 radical (unpaired) electrons. The summed E-state index contributed by atoms with van der Waals surface area (Å²) in [5.74, 6) is 0. The molecule has 0 aliphatic rings. The van der Waals surface area contributed by atoms with Gasteiger partial charge in [0.1, 0.15) is 0 Å². The van der Waals surface area contributed by atoms with E-state index in [-0.39, 0.29) is 0 Å². The minimum atomic E-state index is -3.85. The number of hydrogen-bond donors (Lipinski definition) is 0. The molecule has 0 atom stereocenters. The molecule has 0 unspecified atom stereocenters. The van der Waals surface area contributed by atoms with Gasteiger partial charge in [-0.2, -0.15) is 9.37 Å². The first-order chi connectivity index (χ1) is 4.50. The number of thiazole rings is 1. The quantitative estimate of drug-likeness (QED) is 0.642. The lowest BCUT2D eigenvalue weighted by Crippen LogP contribution is -1.89. The van der Waals surface area contributed by atoms with Crippen molar-refractivity contribution in [2.75, 3.05) is 0 Å². The Morgan fingerprint density at radius 2 is 2.30 bits per heavy atom. The zero-order valence-electron chi connectivity index (χ0n) is 4.41. The molecule has 0 saturated heterocycles. The van der Waals surface area contributed by atoms with Crippen LogP contribution in [0.4, 0.5) is 4.39 Å². The van der Waals surface area contributed by atoms with E-state index in [1.165, 1.54) is 0 Å². The molecule has 1 rings (SSSR count). The summed E-state index contributed by atoms with van der Waals surface area (Å²) in [6.07, 6.45) is 0. The molecule has 1 aromatic heterocycles. The lowest BCUT2D eigenvalue weighted by atomic mass is 11.0. The standard InChI is InChI=1S/C3HClFNO2S2/c4-10(7,8)2-1-9-3(5)6-2/h1H. The second kappa shape index (κ2) is 2.44. The van der Waals surface area contributed by atoms with Gasteiger partial charge < -0.3 is 0 Å². The fraction of sp³-hybridized carbons (Fsp3) is 0. The highest BCUT2D eigenvalue weighted by Crippen LogP contribution is 2.16. The van der Waals surface area contributed by atoms with Gasteiger partial charge in [0, 0.05) is 16.1 Å². The van der Waals surface area contributed by atoms with Gasteiger partial charge in [-0.1, -0.05) is 11.3 Å². The average Bonchev–Trinajstić information content (AvgIpc) is 2.11. The Morgan fingerprint density at radius 3 is 2.50 bits per heavy atom. The molecule has 0 aliphatic heterocycles. The first-order valence-electron chi connectivity index (χ1n) is 2.06. The van der Waals surface area contributed by atoms with Crippen molar-refractivity contribution in [3.63, 3.8) is 0 Å². The van der Waals surface area contributed by atoms with E-state index < -0.39 is 19.3 Å². The summed E-state index contributed by atoms with van der Waals surface area (Å²) in [5.41, 5.74) is 0. The van der Waals surface area contributed by atoms with Crippen molar-refractivity contribution in [2.24, 2.45) is 0 Å². The van der Waals surface area contributed by atoms with Crippen LogP contribution >= 0.6 is 22.0 Å². The van der Waals surface area contributed by atoms with Crippen molar-refractivity contribution in [3.05, 3.63) is 10.6 Å². The van der Waals surface area contributed by atoms with Crippen LogP contribution in [0.2, 0.25) is 0 Å². The smallest absolute Gasteiger partial charge is 0.205 e. The average molecular weight is 202 g/mol. The molecule has 0 saturated carbocycles. The van der Waals surface area contributed by atoms with Crippen LogP contribution in [-0.4, -0.2) is 13.4 Å². The van der Waals surface area contributed by atoms with E-state index in [0.29, 0.717) is 11.3 Å². The molecule has 7 heteroatoms. The third-order valence-corrected chi connectivity index (χ3v) is 2.66. The van der Waals surface area contributed by atoms with Crippen LogP contribution in [-0.2, 0) is 9.05 Å². The molecular formula is C3HClFNO2S2. The minimum absolute atomic E-state index is 0.434. The first kappa shape index (κ1) is 7.90. The van der Waals surface area contributed by atoms with E-state index in [0.717, 1.165) is 5.38 Å². The topological polar surface area (TPSA) is 47.0 Å². The molecule has 10 heavy (non-hydrogen) atoms. The highest BCUT2D eigenvalue weighted by atomic mass is 35.7. The molecule has 0 aliphatic carbocycles. The van der Waals surface area contributed by atoms with Crippen molar-refractivity contribution in [2.45, 2.75) is 5.03 Å². The van der Waals surface area contributed by atoms with Crippen LogP contribution in [0.15, 0.2) is 10.4 Å². The first-order valence-corrected chi connectivity index (χ1v) is 5.25. The fourth-order valence-electron chi connectivity index (χ4n) is 0.350. The highest BCUT2D eigenvalue weighted by Gasteiger charge is 2.13. The van der Waals surface area contributed by atoms with Crippen LogP contribution in [0.1, 0.15) is 0 Å². The zero-order chi connectivity index (χ0) is 7.78. The molecule has 3 nitrogen and oxygen atoms in total. The summed E-state index contributed by atoms with van der Waals surface area (Å²) >= 11 is 0.590. The molecule has 56 valence electrons. The predicted octanol–water partition coefficient (Wildman–Crippen LogP) is 1.21. The Hall–Kier alpha value is -0.200. The van der Waals surface area contributed by atoms with E-state index in [1.807, 2.05) is 0 Å². The summed E-state index contributed by atoms with van der Waals surface area (Å²) in [7, 11) is 0.971. The molecule has 1 heterocycles. The number of rotatable bonds is 1. The Kier molecular flexibility index (Phi) is 1.93. The molecule has 0 aromatic carbocycles. The molecule has 0 spiro atoms. The number of aromatic nitrogens is 1. The number of hydrogen-bond acceptors (Lipinski definition) is 4. The van der Waals surface area contributed by atoms with Gasteiger partial charge in [-0.05, 0) is 0 Å². The Labute approximate surface area is 64.9 Å². The van der Waals surface area contributed by atoms with Crippen LogP contribution in [0.3, 0.4) is 0 Å². The van der Waals surface area contributed by atoms with Crippen molar-refractivity contribution >= 4 is 31.1 Å². The van der Waals surface area contributed by atoms with Gasteiger partial charge >= 0.3 is 0 Å². The maximum Gasteiger partial charge on any atom is 0.279 e. The Morgan fingerprint density at radius 1 is 1.70 bits per heavy atom. The highest BCUT2D eigenvalue weighted by molar-refractivity contribution is 8.13. The molecule has 0 bridgehead atoms. The van der Waals surface area contributed by atoms with Gasteiger partial charge in [-0.25, -0.2) is 8.42 Å². The summed E-state index contributed by atoms with van der Waals surface area (Å²) in [5, 5.41) is -0.201. The Balaban J connectivity index is 3.21. The summed E-state index contributed by atoms with van der Waals surface area (Å²) in [6.45, 7) is 0. The largest absolute Gasteiger partial charge is 0.279 e. The SMILES string of the molecule is O=S(=O)(Cl)c1csc(F)n1. The van der Waals surface area contributed by atoms with E-state index in [4.69, 9.17) is 10.7 Å². The van der Waals surface area contributed by atoms with Gasteiger partial charge in [0.25, 0.3) is 14.3 Å². The minimum Gasteiger partial charge on any atom is -0.205 e. The van der Waals surface area contributed by atoms with E-state index in [9.17, 15) is 12.8 Å². The maximum absolute atomic E-state index is 12.0. The van der Waals surface area contributed by atoms with Crippen LogP contribution in [0.5, 0.6) is 0 Å². The van der Waals surface area contributed by atoms with Crippen molar-refractivity contribution in [1.82, 2.24) is 4.98 Å².